The molecular formula is C15H21ClN4. The fraction of sp³-hybridized carbons (Fsp3) is 0.533. The molecule has 0 atom stereocenters. The van der Waals surface area contributed by atoms with Crippen molar-refractivity contribution in [3.8, 4) is 0 Å². The van der Waals surface area contributed by atoms with E-state index >= 15 is 0 Å². The summed E-state index contributed by atoms with van der Waals surface area (Å²) < 4.78 is 2.32. The molecule has 2 aromatic rings. The van der Waals surface area contributed by atoms with Gasteiger partial charge in [0.1, 0.15) is 5.82 Å². The number of aryl methyl sites for hydroxylation is 1. The van der Waals surface area contributed by atoms with Crippen LogP contribution in [0.2, 0.25) is 5.02 Å². The summed E-state index contributed by atoms with van der Waals surface area (Å²) in [4.78, 5) is 7.27. The fourth-order valence-electron chi connectivity index (χ4n) is 2.81. The largest absolute Gasteiger partial charge is 0.327 e. The summed E-state index contributed by atoms with van der Waals surface area (Å²) >= 11 is 6.13. The van der Waals surface area contributed by atoms with Gasteiger partial charge >= 0.3 is 0 Å². The molecule has 1 aliphatic rings. The number of hydrogen-bond acceptors (Lipinski definition) is 3. The van der Waals surface area contributed by atoms with E-state index in [0.29, 0.717) is 0 Å². The first-order valence-corrected chi connectivity index (χ1v) is 7.73. The van der Waals surface area contributed by atoms with Gasteiger partial charge in [-0.2, -0.15) is 0 Å². The fourth-order valence-corrected chi connectivity index (χ4v) is 2.98. The van der Waals surface area contributed by atoms with E-state index in [1.54, 1.807) is 0 Å². The molecule has 5 heteroatoms. The molecule has 1 aliphatic heterocycles. The maximum Gasteiger partial charge on any atom is 0.124 e. The third-order valence-corrected chi connectivity index (χ3v) is 4.05. The molecule has 3 rings (SSSR count). The zero-order valence-corrected chi connectivity index (χ0v) is 12.7. The number of imidazole rings is 1. The Kier molecular flexibility index (Phi) is 4.24. The summed E-state index contributed by atoms with van der Waals surface area (Å²) in [5.41, 5.74) is 2.21. The number of hydrogen-bond donors (Lipinski definition) is 1. The van der Waals surface area contributed by atoms with E-state index in [-0.39, 0.29) is 0 Å². The molecule has 0 saturated carbocycles. The summed E-state index contributed by atoms with van der Waals surface area (Å²) in [6, 6.07) is 5.97. The van der Waals surface area contributed by atoms with Gasteiger partial charge in [-0.05, 0) is 24.6 Å². The maximum absolute atomic E-state index is 6.13. The van der Waals surface area contributed by atoms with Crippen LogP contribution in [0.4, 0.5) is 0 Å². The number of piperazine rings is 1. The second-order valence-corrected chi connectivity index (χ2v) is 5.78. The molecule has 1 N–H and O–H groups in total. The van der Waals surface area contributed by atoms with Gasteiger partial charge in [0.15, 0.2) is 0 Å². The number of nitrogens with one attached hydrogen (secondary N) is 1. The van der Waals surface area contributed by atoms with Gasteiger partial charge in [-0.3, -0.25) is 4.90 Å². The number of rotatable bonds is 4. The van der Waals surface area contributed by atoms with Crippen LogP contribution in [0.1, 0.15) is 19.2 Å². The quantitative estimate of drug-likeness (QED) is 0.940. The van der Waals surface area contributed by atoms with Crippen LogP contribution in [-0.2, 0) is 13.1 Å². The molecule has 1 aromatic carbocycles. The van der Waals surface area contributed by atoms with Crippen LogP contribution in [0.15, 0.2) is 18.2 Å². The second-order valence-electron chi connectivity index (χ2n) is 5.34. The lowest BCUT2D eigenvalue weighted by molar-refractivity contribution is 0.225. The highest BCUT2D eigenvalue weighted by Gasteiger charge is 2.16. The predicted octanol–water partition coefficient (Wildman–Crippen LogP) is 2.50. The van der Waals surface area contributed by atoms with E-state index in [9.17, 15) is 0 Å². The Morgan fingerprint density at radius 1 is 1.30 bits per heavy atom. The van der Waals surface area contributed by atoms with E-state index < -0.39 is 0 Å². The minimum Gasteiger partial charge on any atom is -0.327 e. The third kappa shape index (κ3) is 2.82. The van der Waals surface area contributed by atoms with Crippen molar-refractivity contribution in [1.29, 1.82) is 0 Å². The SMILES string of the molecule is CCCn1c(CN2CCNCC2)nc2ccc(Cl)cc21. The molecule has 0 spiro atoms. The standard InChI is InChI=1S/C15H21ClN4/c1-2-7-20-14-10-12(16)3-4-13(14)18-15(20)11-19-8-5-17-6-9-19/h3-4,10,17H,2,5-9,11H2,1H3. The molecule has 1 aromatic heterocycles. The van der Waals surface area contributed by atoms with Gasteiger partial charge in [0, 0.05) is 37.7 Å². The first kappa shape index (κ1) is 13.9. The Morgan fingerprint density at radius 2 is 2.10 bits per heavy atom. The van der Waals surface area contributed by atoms with E-state index in [2.05, 4.69) is 21.7 Å². The molecule has 0 aliphatic carbocycles. The van der Waals surface area contributed by atoms with Gasteiger partial charge in [0.05, 0.1) is 17.6 Å². The van der Waals surface area contributed by atoms with Gasteiger partial charge in [0.25, 0.3) is 0 Å². The average Bonchev–Trinajstić information content (AvgIpc) is 2.78. The zero-order chi connectivity index (χ0) is 13.9. The molecule has 0 unspecified atom stereocenters. The van der Waals surface area contributed by atoms with Gasteiger partial charge in [0.2, 0.25) is 0 Å². The molecule has 0 radical (unpaired) electrons. The Morgan fingerprint density at radius 3 is 2.85 bits per heavy atom. The molecule has 1 fully saturated rings. The molecule has 20 heavy (non-hydrogen) atoms. The van der Waals surface area contributed by atoms with Crippen molar-refractivity contribution in [2.45, 2.75) is 26.4 Å². The molecule has 108 valence electrons. The van der Waals surface area contributed by atoms with Crippen molar-refractivity contribution < 1.29 is 0 Å². The highest BCUT2D eigenvalue weighted by molar-refractivity contribution is 6.31. The Labute approximate surface area is 124 Å². The normalized spacial score (nSPS) is 16.9. The van der Waals surface area contributed by atoms with E-state index in [0.717, 1.165) is 67.6 Å². The second kappa shape index (κ2) is 6.12. The summed E-state index contributed by atoms with van der Waals surface area (Å²) in [6.07, 6.45) is 1.10. The summed E-state index contributed by atoms with van der Waals surface area (Å²) in [7, 11) is 0. The molecule has 2 heterocycles. The third-order valence-electron chi connectivity index (χ3n) is 3.81. The van der Waals surface area contributed by atoms with Crippen LogP contribution in [0, 0.1) is 0 Å². The Bertz CT molecular complexity index is 587. The van der Waals surface area contributed by atoms with Gasteiger partial charge in [-0.15, -0.1) is 0 Å². The van der Waals surface area contributed by atoms with Crippen LogP contribution in [0.25, 0.3) is 11.0 Å². The topological polar surface area (TPSA) is 33.1 Å². The van der Waals surface area contributed by atoms with E-state index in [1.165, 1.54) is 0 Å². The van der Waals surface area contributed by atoms with E-state index in [1.807, 2.05) is 18.2 Å². The predicted molar refractivity (Wildman–Crippen MR) is 83.2 cm³/mol. The van der Waals surface area contributed by atoms with Crippen LogP contribution in [-0.4, -0.2) is 40.6 Å². The van der Waals surface area contributed by atoms with Gasteiger partial charge in [-0.1, -0.05) is 18.5 Å². The molecule has 0 amide bonds. The van der Waals surface area contributed by atoms with Crippen LogP contribution < -0.4 is 5.32 Å². The lowest BCUT2D eigenvalue weighted by Crippen LogP contribution is -2.43. The summed E-state index contributed by atoms with van der Waals surface area (Å²) in [5, 5.41) is 4.17. The molecular weight excluding hydrogens is 272 g/mol. The van der Waals surface area contributed by atoms with Crippen molar-refractivity contribution in [3.05, 3.63) is 29.0 Å². The van der Waals surface area contributed by atoms with Crippen molar-refractivity contribution in [2.75, 3.05) is 26.2 Å². The van der Waals surface area contributed by atoms with Crippen molar-refractivity contribution in [3.63, 3.8) is 0 Å². The highest BCUT2D eigenvalue weighted by Crippen LogP contribution is 2.22. The smallest absolute Gasteiger partial charge is 0.124 e. The summed E-state index contributed by atoms with van der Waals surface area (Å²) in [6.45, 7) is 8.45. The lowest BCUT2D eigenvalue weighted by Gasteiger charge is -2.27. The Balaban J connectivity index is 1.93. The molecule has 0 bridgehead atoms. The lowest BCUT2D eigenvalue weighted by atomic mass is 10.3. The maximum atomic E-state index is 6.13. The minimum atomic E-state index is 0.781. The minimum absolute atomic E-state index is 0.781. The van der Waals surface area contributed by atoms with Crippen LogP contribution in [0.5, 0.6) is 0 Å². The molecule has 1 saturated heterocycles. The zero-order valence-electron chi connectivity index (χ0n) is 11.9. The number of nitrogens with zero attached hydrogens (tertiary/aromatic N) is 3. The number of halogens is 1. The van der Waals surface area contributed by atoms with Gasteiger partial charge < -0.3 is 9.88 Å². The number of benzene rings is 1. The Hall–Kier alpha value is -1.10. The van der Waals surface area contributed by atoms with Crippen molar-refractivity contribution >= 4 is 22.6 Å². The first-order valence-electron chi connectivity index (χ1n) is 7.35. The highest BCUT2D eigenvalue weighted by atomic mass is 35.5. The monoisotopic (exact) mass is 292 g/mol. The van der Waals surface area contributed by atoms with Crippen molar-refractivity contribution in [2.24, 2.45) is 0 Å². The van der Waals surface area contributed by atoms with E-state index in [4.69, 9.17) is 16.6 Å². The van der Waals surface area contributed by atoms with Gasteiger partial charge in [-0.25, -0.2) is 4.98 Å². The summed E-state index contributed by atoms with van der Waals surface area (Å²) in [5.74, 6) is 1.16. The van der Waals surface area contributed by atoms with Crippen LogP contribution in [0.3, 0.4) is 0 Å². The first-order chi connectivity index (χ1) is 9.78. The van der Waals surface area contributed by atoms with Crippen molar-refractivity contribution in [1.82, 2.24) is 19.8 Å². The molecule has 4 nitrogen and oxygen atoms in total. The average molecular weight is 293 g/mol. The number of fused-ring (bicyclic) bond motifs is 1. The van der Waals surface area contributed by atoms with Crippen LogP contribution >= 0.6 is 11.6 Å². The number of aromatic nitrogens is 2.